The van der Waals surface area contributed by atoms with E-state index >= 15 is 0 Å². The van der Waals surface area contributed by atoms with Crippen molar-refractivity contribution < 1.29 is 14.3 Å². The predicted octanol–water partition coefficient (Wildman–Crippen LogP) is 1.78. The number of aromatic nitrogens is 1. The lowest BCUT2D eigenvalue weighted by molar-refractivity contribution is -0.124. The van der Waals surface area contributed by atoms with Crippen LogP contribution in [-0.4, -0.2) is 37.2 Å². The Labute approximate surface area is 122 Å². The van der Waals surface area contributed by atoms with Crippen LogP contribution < -0.4 is 10.1 Å². The van der Waals surface area contributed by atoms with Crippen LogP contribution in [0.1, 0.15) is 18.4 Å². The van der Waals surface area contributed by atoms with Gasteiger partial charge in [-0.1, -0.05) is 13.0 Å². The molecule has 0 spiro atoms. The number of hydrogen-bond donors (Lipinski definition) is 2. The largest absolute Gasteiger partial charge is 0.496 e. The highest BCUT2D eigenvalue weighted by Crippen LogP contribution is 2.35. The molecule has 1 aliphatic rings. The first-order chi connectivity index (χ1) is 10.2. The van der Waals surface area contributed by atoms with Crippen LogP contribution in [0.3, 0.4) is 0 Å². The number of rotatable bonds is 3. The summed E-state index contributed by atoms with van der Waals surface area (Å²) in [6.07, 6.45) is 1.31. The lowest BCUT2D eigenvalue weighted by Crippen LogP contribution is -2.28. The smallest absolute Gasteiger partial charge is 0.292 e. The molecule has 2 N–H and O–H groups in total. The van der Waals surface area contributed by atoms with Gasteiger partial charge >= 0.3 is 0 Å². The van der Waals surface area contributed by atoms with Crippen LogP contribution in [0, 0.1) is 0 Å². The summed E-state index contributed by atoms with van der Waals surface area (Å²) < 4.78 is 11.0. The summed E-state index contributed by atoms with van der Waals surface area (Å²) in [6.45, 7) is 1.96. The number of methoxy groups -OCH3 is 1. The molecule has 2 aromatic rings. The average Bonchev–Trinajstić information content (AvgIpc) is 3.09. The number of nitrogens with zero attached hydrogens (tertiary/aromatic N) is 1. The Morgan fingerprint density at radius 3 is 2.90 bits per heavy atom. The maximum absolute atomic E-state index is 12.0. The highest BCUT2D eigenvalue weighted by molar-refractivity contribution is 6.03. The molecule has 1 fully saturated rings. The molecule has 0 aliphatic carbocycles. The molecule has 6 heteroatoms. The lowest BCUT2D eigenvalue weighted by Gasteiger charge is -2.16. The van der Waals surface area contributed by atoms with E-state index in [-0.39, 0.29) is 17.8 Å². The van der Waals surface area contributed by atoms with E-state index < -0.39 is 6.10 Å². The molecule has 0 radical (unpaired) electrons. The average molecular weight is 287 g/mol. The number of amidine groups is 1. The zero-order chi connectivity index (χ0) is 15.0. The van der Waals surface area contributed by atoms with Gasteiger partial charge in [-0.15, -0.1) is 0 Å². The fourth-order valence-corrected chi connectivity index (χ4v) is 2.69. The summed E-state index contributed by atoms with van der Waals surface area (Å²) in [7, 11) is 3.22. The summed E-state index contributed by atoms with van der Waals surface area (Å²) in [4.78, 5) is 19.1. The molecule has 1 saturated heterocycles. The second-order valence-corrected chi connectivity index (χ2v) is 4.97. The van der Waals surface area contributed by atoms with E-state index in [2.05, 4.69) is 15.3 Å². The highest BCUT2D eigenvalue weighted by atomic mass is 16.5. The lowest BCUT2D eigenvalue weighted by atomic mass is 9.94. The molecule has 0 bridgehead atoms. The van der Waals surface area contributed by atoms with Gasteiger partial charge in [-0.25, -0.2) is 4.99 Å². The van der Waals surface area contributed by atoms with Gasteiger partial charge in [-0.3, -0.25) is 10.1 Å². The molecule has 21 heavy (non-hydrogen) atoms. The minimum Gasteiger partial charge on any atom is -0.496 e. The second-order valence-electron chi connectivity index (χ2n) is 4.97. The van der Waals surface area contributed by atoms with Crippen molar-refractivity contribution in [2.45, 2.75) is 18.9 Å². The normalized spacial score (nSPS) is 21.4. The maximum atomic E-state index is 12.0. The number of fused-ring (bicyclic) bond motifs is 1. The summed E-state index contributed by atoms with van der Waals surface area (Å²) in [5.74, 6) is 0.472. The number of hydrogen-bond acceptors (Lipinski definition) is 4. The molecule has 1 amide bonds. The van der Waals surface area contributed by atoms with E-state index in [9.17, 15) is 4.79 Å². The molecule has 3 rings (SSSR count). The van der Waals surface area contributed by atoms with Gasteiger partial charge in [-0.2, -0.15) is 0 Å². The number of nitrogens with one attached hydrogen (secondary N) is 2. The summed E-state index contributed by atoms with van der Waals surface area (Å²) in [6, 6.07) is 6.07. The molecule has 6 nitrogen and oxygen atoms in total. The second kappa shape index (κ2) is 5.12. The summed E-state index contributed by atoms with van der Waals surface area (Å²) >= 11 is 0. The molecule has 2 atom stereocenters. The van der Waals surface area contributed by atoms with E-state index in [1.54, 1.807) is 14.2 Å². The van der Waals surface area contributed by atoms with Gasteiger partial charge in [0.1, 0.15) is 5.75 Å². The number of aromatic amines is 1. The highest BCUT2D eigenvalue weighted by Gasteiger charge is 2.37. The van der Waals surface area contributed by atoms with E-state index in [1.807, 2.05) is 31.3 Å². The van der Waals surface area contributed by atoms with Gasteiger partial charge in [0.25, 0.3) is 11.9 Å². The molecule has 2 heterocycles. The van der Waals surface area contributed by atoms with E-state index in [1.165, 1.54) is 0 Å². The summed E-state index contributed by atoms with van der Waals surface area (Å²) in [5, 5.41) is 3.60. The molecule has 110 valence electrons. The predicted molar refractivity (Wildman–Crippen MR) is 79.6 cm³/mol. The Hall–Kier alpha value is -2.50. The third-order valence-corrected chi connectivity index (χ3v) is 3.79. The van der Waals surface area contributed by atoms with Gasteiger partial charge in [-0.05, 0) is 17.7 Å². The Morgan fingerprint density at radius 1 is 1.43 bits per heavy atom. The number of carbonyl (C=O) groups excluding carboxylic acids is 1. The van der Waals surface area contributed by atoms with E-state index in [4.69, 9.17) is 9.47 Å². The van der Waals surface area contributed by atoms with Crippen molar-refractivity contribution >= 4 is 22.8 Å². The number of aliphatic imine (C=N–C) groups is 1. The Balaban J connectivity index is 2.02. The van der Waals surface area contributed by atoms with Gasteiger partial charge in [0.15, 0.2) is 6.10 Å². The van der Waals surface area contributed by atoms with Crippen molar-refractivity contribution in [3.63, 3.8) is 0 Å². The molecule has 1 aliphatic heterocycles. The van der Waals surface area contributed by atoms with Gasteiger partial charge < -0.3 is 14.5 Å². The zero-order valence-electron chi connectivity index (χ0n) is 12.1. The fraction of sp³-hybridized carbons (Fsp3) is 0.333. The van der Waals surface area contributed by atoms with Crippen LogP contribution in [0.5, 0.6) is 5.75 Å². The monoisotopic (exact) mass is 287 g/mol. The quantitative estimate of drug-likeness (QED) is 0.903. The van der Waals surface area contributed by atoms with Crippen molar-refractivity contribution in [2.24, 2.45) is 4.99 Å². The van der Waals surface area contributed by atoms with Crippen LogP contribution in [-0.2, 0) is 9.53 Å². The topological polar surface area (TPSA) is 75.7 Å². The van der Waals surface area contributed by atoms with Crippen LogP contribution in [0.2, 0.25) is 0 Å². The Bertz CT molecular complexity index is 720. The minimum absolute atomic E-state index is 0.130. The Morgan fingerprint density at radius 2 is 2.24 bits per heavy atom. The van der Waals surface area contributed by atoms with Gasteiger partial charge in [0.05, 0.1) is 7.11 Å². The van der Waals surface area contributed by atoms with E-state index in [0.717, 1.165) is 22.2 Å². The van der Waals surface area contributed by atoms with Gasteiger partial charge in [0.2, 0.25) is 0 Å². The maximum Gasteiger partial charge on any atom is 0.292 e. The SMILES string of the molecule is CN=C1NC(=O)C(C(C)c2c[nH]c3cccc(OC)c23)O1. The van der Waals surface area contributed by atoms with Crippen LogP contribution >= 0.6 is 0 Å². The first-order valence-electron chi connectivity index (χ1n) is 6.74. The van der Waals surface area contributed by atoms with Crippen molar-refractivity contribution in [1.82, 2.24) is 10.3 Å². The molecule has 1 aromatic heterocycles. The van der Waals surface area contributed by atoms with Crippen LogP contribution in [0.15, 0.2) is 29.4 Å². The summed E-state index contributed by atoms with van der Waals surface area (Å²) in [5.41, 5.74) is 1.96. The molecule has 2 unspecified atom stereocenters. The third-order valence-electron chi connectivity index (χ3n) is 3.79. The number of amides is 1. The fourth-order valence-electron chi connectivity index (χ4n) is 2.69. The van der Waals surface area contributed by atoms with Crippen molar-refractivity contribution in [3.8, 4) is 5.75 Å². The van der Waals surface area contributed by atoms with Crippen molar-refractivity contribution in [1.29, 1.82) is 0 Å². The van der Waals surface area contributed by atoms with Crippen molar-refractivity contribution in [2.75, 3.05) is 14.2 Å². The number of H-pyrrole nitrogens is 1. The number of benzene rings is 1. The molecule has 0 saturated carbocycles. The van der Waals surface area contributed by atoms with Crippen molar-refractivity contribution in [3.05, 3.63) is 30.0 Å². The molecular formula is C15H17N3O3. The van der Waals surface area contributed by atoms with Crippen LogP contribution in [0.25, 0.3) is 10.9 Å². The third kappa shape index (κ3) is 2.12. The standard InChI is InChI=1S/C15H17N3O3/c1-8(13-14(19)18-15(16-2)21-13)9-7-17-10-5-4-6-11(20-3)12(9)10/h4-8,13,17H,1-3H3,(H,16,18,19). The van der Waals surface area contributed by atoms with E-state index in [0.29, 0.717) is 0 Å². The number of ether oxygens (including phenoxy) is 2. The van der Waals surface area contributed by atoms with Gasteiger partial charge in [0, 0.05) is 30.1 Å². The Kier molecular flexibility index (Phi) is 3.29. The first-order valence-corrected chi connectivity index (χ1v) is 6.74. The zero-order valence-corrected chi connectivity index (χ0v) is 12.1. The molecular weight excluding hydrogens is 270 g/mol. The van der Waals surface area contributed by atoms with Crippen LogP contribution in [0.4, 0.5) is 0 Å². The number of carbonyl (C=O) groups is 1. The minimum atomic E-state index is -0.590. The molecule has 1 aromatic carbocycles. The first kappa shape index (κ1) is 13.5.